The maximum Gasteiger partial charge on any atom is 0.407 e. The third kappa shape index (κ3) is 4.80. The number of nitrogens with one attached hydrogen (secondary N) is 1. The molecule has 1 aliphatic carbocycles. The first kappa shape index (κ1) is 17.4. The number of thiol groups is 1. The van der Waals surface area contributed by atoms with Crippen molar-refractivity contribution in [1.82, 2.24) is 10.2 Å². The van der Waals surface area contributed by atoms with Gasteiger partial charge in [-0.3, -0.25) is 4.79 Å². The molecule has 1 N–H and O–H groups in total. The Morgan fingerprint density at radius 3 is 2.45 bits per heavy atom. The normalized spacial score (nSPS) is 29.5. The summed E-state index contributed by atoms with van der Waals surface area (Å²) in [5.41, 5.74) is -0.467. The Balaban J connectivity index is 1.76. The van der Waals surface area contributed by atoms with Gasteiger partial charge in [0.2, 0.25) is 5.91 Å². The minimum Gasteiger partial charge on any atom is -0.444 e. The summed E-state index contributed by atoms with van der Waals surface area (Å²) >= 11 is 4.31. The smallest absolute Gasteiger partial charge is 0.407 e. The molecule has 0 aromatic rings. The summed E-state index contributed by atoms with van der Waals surface area (Å²) < 4.78 is 5.29. The average molecular weight is 328 g/mol. The third-order valence-corrected chi connectivity index (χ3v) is 4.87. The lowest BCUT2D eigenvalue weighted by Gasteiger charge is -2.35. The van der Waals surface area contributed by atoms with Crippen molar-refractivity contribution in [2.24, 2.45) is 5.92 Å². The Labute approximate surface area is 138 Å². The van der Waals surface area contributed by atoms with Crippen LogP contribution in [0.1, 0.15) is 52.9 Å². The molecule has 2 amide bonds. The van der Waals surface area contributed by atoms with E-state index in [9.17, 15) is 9.59 Å². The highest BCUT2D eigenvalue weighted by Crippen LogP contribution is 2.29. The highest BCUT2D eigenvalue weighted by Gasteiger charge is 2.35. The van der Waals surface area contributed by atoms with Gasteiger partial charge in [0.05, 0.1) is 0 Å². The second kappa shape index (κ2) is 7.11. The standard InChI is InChI=1S/C16H28N2O3S/c1-16(2,3)21-15(20)17-12-4-6-13(7-5-12)18-9-11(10-22)8-14(18)19/h11-13,22H,4-10H2,1-3H3,(H,17,20). The number of nitrogens with zero attached hydrogens (tertiary/aromatic N) is 1. The zero-order chi connectivity index (χ0) is 16.3. The molecule has 5 nitrogen and oxygen atoms in total. The fourth-order valence-corrected chi connectivity index (χ4v) is 3.53. The average Bonchev–Trinajstić information content (AvgIpc) is 2.79. The molecule has 22 heavy (non-hydrogen) atoms. The van der Waals surface area contributed by atoms with E-state index in [1.165, 1.54) is 0 Å². The number of ether oxygens (including phenoxy) is 1. The highest BCUT2D eigenvalue weighted by atomic mass is 32.1. The van der Waals surface area contributed by atoms with Crippen molar-refractivity contribution >= 4 is 24.6 Å². The van der Waals surface area contributed by atoms with Gasteiger partial charge in [0.25, 0.3) is 0 Å². The lowest BCUT2D eigenvalue weighted by Crippen LogP contribution is -2.45. The van der Waals surface area contributed by atoms with Gasteiger partial charge in [-0.05, 0) is 58.1 Å². The third-order valence-electron chi connectivity index (χ3n) is 4.36. The van der Waals surface area contributed by atoms with Gasteiger partial charge in [-0.25, -0.2) is 4.79 Å². The van der Waals surface area contributed by atoms with Gasteiger partial charge in [0.15, 0.2) is 0 Å². The van der Waals surface area contributed by atoms with E-state index < -0.39 is 5.60 Å². The number of carbonyl (C=O) groups is 2. The molecule has 126 valence electrons. The molecular formula is C16H28N2O3S. The van der Waals surface area contributed by atoms with Crippen molar-refractivity contribution < 1.29 is 14.3 Å². The monoisotopic (exact) mass is 328 g/mol. The number of likely N-dealkylation sites (tertiary alicyclic amines) is 1. The maximum atomic E-state index is 12.1. The van der Waals surface area contributed by atoms with E-state index >= 15 is 0 Å². The predicted molar refractivity (Wildman–Crippen MR) is 89.1 cm³/mol. The van der Waals surface area contributed by atoms with Crippen LogP contribution >= 0.6 is 12.6 Å². The van der Waals surface area contributed by atoms with Crippen LogP contribution in [0, 0.1) is 5.92 Å². The molecule has 2 fully saturated rings. The van der Waals surface area contributed by atoms with Crippen molar-refractivity contribution in [3.05, 3.63) is 0 Å². The summed E-state index contributed by atoms with van der Waals surface area (Å²) in [6, 6.07) is 0.485. The summed E-state index contributed by atoms with van der Waals surface area (Å²) in [5, 5.41) is 2.94. The van der Waals surface area contributed by atoms with E-state index in [4.69, 9.17) is 4.74 Å². The zero-order valence-electron chi connectivity index (χ0n) is 13.8. The number of rotatable bonds is 3. The summed E-state index contributed by atoms with van der Waals surface area (Å²) in [6.07, 6.45) is 4.00. The largest absolute Gasteiger partial charge is 0.444 e. The van der Waals surface area contributed by atoms with E-state index in [1.54, 1.807) is 0 Å². The molecule has 1 aliphatic heterocycles. The van der Waals surface area contributed by atoms with Crippen LogP contribution in [0.15, 0.2) is 0 Å². The topological polar surface area (TPSA) is 58.6 Å². The molecule has 1 atom stereocenters. The Hall–Kier alpha value is -0.910. The SMILES string of the molecule is CC(C)(C)OC(=O)NC1CCC(N2CC(CS)CC2=O)CC1. The fraction of sp³-hybridized carbons (Fsp3) is 0.875. The molecule has 1 saturated carbocycles. The van der Waals surface area contributed by atoms with Crippen LogP contribution < -0.4 is 5.32 Å². The molecule has 6 heteroatoms. The van der Waals surface area contributed by atoms with Gasteiger partial charge < -0.3 is 15.0 Å². The molecule has 0 radical (unpaired) electrons. The molecule has 0 bridgehead atoms. The van der Waals surface area contributed by atoms with Crippen molar-refractivity contribution in [3.63, 3.8) is 0 Å². The first-order valence-electron chi connectivity index (χ1n) is 8.18. The second-order valence-corrected chi connectivity index (χ2v) is 7.82. The first-order chi connectivity index (χ1) is 10.3. The summed E-state index contributed by atoms with van der Waals surface area (Å²) in [5.74, 6) is 1.44. The fourth-order valence-electron chi connectivity index (χ4n) is 3.29. The molecule has 1 heterocycles. The van der Waals surface area contributed by atoms with Crippen LogP contribution in [0.3, 0.4) is 0 Å². The number of carbonyl (C=O) groups excluding carboxylic acids is 2. The molecular weight excluding hydrogens is 300 g/mol. The quantitative estimate of drug-likeness (QED) is 0.783. The van der Waals surface area contributed by atoms with E-state index in [0.717, 1.165) is 38.0 Å². The van der Waals surface area contributed by atoms with E-state index in [2.05, 4.69) is 17.9 Å². The van der Waals surface area contributed by atoms with Gasteiger partial charge >= 0.3 is 6.09 Å². The Kier molecular flexibility index (Phi) is 5.64. The van der Waals surface area contributed by atoms with Gasteiger partial charge in [-0.1, -0.05) is 0 Å². The first-order valence-corrected chi connectivity index (χ1v) is 8.81. The minimum atomic E-state index is -0.467. The van der Waals surface area contributed by atoms with Gasteiger partial charge in [-0.15, -0.1) is 0 Å². The molecule has 0 aromatic heterocycles. The molecule has 1 saturated heterocycles. The summed E-state index contributed by atoms with van der Waals surface area (Å²) in [6.45, 7) is 6.43. The van der Waals surface area contributed by atoms with Crippen LogP contribution in [-0.4, -0.2) is 46.9 Å². The summed E-state index contributed by atoms with van der Waals surface area (Å²) in [4.78, 5) is 25.9. The van der Waals surface area contributed by atoms with E-state index in [-0.39, 0.29) is 18.0 Å². The number of hydrogen-bond acceptors (Lipinski definition) is 4. The Morgan fingerprint density at radius 1 is 1.32 bits per heavy atom. The number of amides is 2. The summed E-state index contributed by atoms with van der Waals surface area (Å²) in [7, 11) is 0. The molecule has 2 aliphatic rings. The minimum absolute atomic E-state index is 0.157. The van der Waals surface area contributed by atoms with Crippen LogP contribution in [0.25, 0.3) is 0 Å². The highest BCUT2D eigenvalue weighted by molar-refractivity contribution is 7.80. The van der Waals surface area contributed by atoms with Gasteiger partial charge in [0.1, 0.15) is 5.60 Å². The molecule has 0 spiro atoms. The van der Waals surface area contributed by atoms with Crippen molar-refractivity contribution in [1.29, 1.82) is 0 Å². The lowest BCUT2D eigenvalue weighted by molar-refractivity contribution is -0.130. The lowest BCUT2D eigenvalue weighted by atomic mass is 9.90. The van der Waals surface area contributed by atoms with Crippen LogP contribution in [-0.2, 0) is 9.53 Å². The van der Waals surface area contributed by atoms with Gasteiger partial charge in [-0.2, -0.15) is 12.6 Å². The number of hydrogen-bond donors (Lipinski definition) is 2. The Bertz CT molecular complexity index is 414. The van der Waals surface area contributed by atoms with Gasteiger partial charge in [0, 0.05) is 25.0 Å². The second-order valence-electron chi connectivity index (χ2n) is 7.45. The molecule has 0 aromatic carbocycles. The van der Waals surface area contributed by atoms with Crippen molar-refractivity contribution in [2.45, 2.75) is 70.6 Å². The molecule has 1 unspecified atom stereocenters. The van der Waals surface area contributed by atoms with E-state index in [0.29, 0.717) is 18.4 Å². The molecule has 2 rings (SSSR count). The number of alkyl carbamates (subject to hydrolysis) is 1. The van der Waals surface area contributed by atoms with Crippen molar-refractivity contribution in [3.8, 4) is 0 Å². The Morgan fingerprint density at radius 2 is 1.95 bits per heavy atom. The van der Waals surface area contributed by atoms with E-state index in [1.807, 2.05) is 25.7 Å². The van der Waals surface area contributed by atoms with Crippen molar-refractivity contribution in [2.75, 3.05) is 12.3 Å². The van der Waals surface area contributed by atoms with Crippen LogP contribution in [0.4, 0.5) is 4.79 Å². The predicted octanol–water partition coefficient (Wildman–Crippen LogP) is 2.60. The van der Waals surface area contributed by atoms with Crippen LogP contribution in [0.5, 0.6) is 0 Å². The maximum absolute atomic E-state index is 12.1. The zero-order valence-corrected chi connectivity index (χ0v) is 14.7. The van der Waals surface area contributed by atoms with Crippen LogP contribution in [0.2, 0.25) is 0 Å².